The third-order valence-corrected chi connectivity index (χ3v) is 3.74. The predicted octanol–water partition coefficient (Wildman–Crippen LogP) is 1.01. The Morgan fingerprint density at radius 3 is 2.63 bits per heavy atom. The molecule has 0 aromatic heterocycles. The normalized spacial score (nSPS) is 27.2. The zero-order valence-corrected chi connectivity index (χ0v) is 11.6. The molecule has 6 nitrogen and oxygen atoms in total. The van der Waals surface area contributed by atoms with Crippen LogP contribution in [0, 0.1) is 5.92 Å². The van der Waals surface area contributed by atoms with E-state index < -0.39 is 11.9 Å². The molecule has 2 aliphatic heterocycles. The summed E-state index contributed by atoms with van der Waals surface area (Å²) >= 11 is 0. The summed E-state index contributed by atoms with van der Waals surface area (Å²) in [6.45, 7) is 6.57. The number of amides is 2. The standard InChI is InChI=1S/C13H22N2O4/c1-13(2)9-15(6-7-19-13)12(18)14-5-3-4-10(8-14)11(16)17/h10H,3-9H2,1-2H3,(H,16,17)/t10-/m1/s1. The van der Waals surface area contributed by atoms with Crippen LogP contribution in [0.5, 0.6) is 0 Å². The molecule has 1 atom stereocenters. The molecule has 0 radical (unpaired) electrons. The van der Waals surface area contributed by atoms with E-state index in [4.69, 9.17) is 9.84 Å². The first-order valence-corrected chi connectivity index (χ1v) is 6.80. The Balaban J connectivity index is 1.97. The molecule has 0 unspecified atom stereocenters. The van der Waals surface area contributed by atoms with Crippen LogP contribution in [-0.4, -0.2) is 65.3 Å². The molecule has 0 spiro atoms. The largest absolute Gasteiger partial charge is 0.481 e. The fraction of sp³-hybridized carbons (Fsp3) is 0.846. The minimum absolute atomic E-state index is 0.0534. The van der Waals surface area contributed by atoms with E-state index in [2.05, 4.69) is 0 Å². The molecule has 2 heterocycles. The van der Waals surface area contributed by atoms with Gasteiger partial charge in [-0.05, 0) is 26.7 Å². The number of nitrogens with zero attached hydrogens (tertiary/aromatic N) is 2. The second-order valence-electron chi connectivity index (χ2n) is 5.94. The lowest BCUT2D eigenvalue weighted by Gasteiger charge is -2.41. The first-order chi connectivity index (χ1) is 8.89. The number of carboxylic acids is 1. The van der Waals surface area contributed by atoms with Gasteiger partial charge in [-0.25, -0.2) is 4.79 Å². The summed E-state index contributed by atoms with van der Waals surface area (Å²) in [6.07, 6.45) is 1.42. The molecule has 0 aliphatic carbocycles. The molecule has 2 fully saturated rings. The number of ether oxygens (including phenoxy) is 1. The number of aliphatic carboxylic acids is 1. The van der Waals surface area contributed by atoms with Gasteiger partial charge < -0.3 is 19.6 Å². The second kappa shape index (κ2) is 5.36. The minimum atomic E-state index is -0.806. The van der Waals surface area contributed by atoms with Gasteiger partial charge in [0.15, 0.2) is 0 Å². The van der Waals surface area contributed by atoms with Gasteiger partial charge in [0, 0.05) is 19.6 Å². The second-order valence-corrected chi connectivity index (χ2v) is 5.94. The van der Waals surface area contributed by atoms with Crippen LogP contribution < -0.4 is 0 Å². The van der Waals surface area contributed by atoms with E-state index in [9.17, 15) is 9.59 Å². The van der Waals surface area contributed by atoms with E-state index in [-0.39, 0.29) is 11.6 Å². The van der Waals surface area contributed by atoms with E-state index in [1.165, 1.54) is 0 Å². The number of carbonyl (C=O) groups excluding carboxylic acids is 1. The van der Waals surface area contributed by atoms with Crippen molar-refractivity contribution in [3.63, 3.8) is 0 Å². The molecule has 0 aromatic rings. The van der Waals surface area contributed by atoms with Gasteiger partial charge in [-0.2, -0.15) is 0 Å². The van der Waals surface area contributed by atoms with Gasteiger partial charge in [0.25, 0.3) is 0 Å². The van der Waals surface area contributed by atoms with Gasteiger partial charge in [-0.3, -0.25) is 4.79 Å². The van der Waals surface area contributed by atoms with Gasteiger partial charge in [-0.1, -0.05) is 0 Å². The van der Waals surface area contributed by atoms with E-state index in [1.807, 2.05) is 13.8 Å². The molecule has 19 heavy (non-hydrogen) atoms. The fourth-order valence-electron chi connectivity index (χ4n) is 2.73. The Kier molecular flexibility index (Phi) is 3.99. The summed E-state index contributed by atoms with van der Waals surface area (Å²) in [7, 11) is 0. The van der Waals surface area contributed by atoms with Gasteiger partial charge in [0.2, 0.25) is 0 Å². The van der Waals surface area contributed by atoms with E-state index >= 15 is 0 Å². The van der Waals surface area contributed by atoms with Crippen LogP contribution in [0.2, 0.25) is 0 Å². The van der Waals surface area contributed by atoms with E-state index in [0.717, 1.165) is 6.42 Å². The van der Waals surface area contributed by atoms with Crippen molar-refractivity contribution in [1.82, 2.24) is 9.80 Å². The third kappa shape index (κ3) is 3.37. The topological polar surface area (TPSA) is 70.1 Å². The number of hydrogen-bond donors (Lipinski definition) is 1. The number of morpholine rings is 1. The molecule has 2 aliphatic rings. The zero-order chi connectivity index (χ0) is 14.0. The Bertz CT molecular complexity index is 370. The van der Waals surface area contributed by atoms with Crippen LogP contribution in [0.3, 0.4) is 0 Å². The minimum Gasteiger partial charge on any atom is -0.481 e. The van der Waals surface area contributed by atoms with Crippen molar-refractivity contribution < 1.29 is 19.4 Å². The van der Waals surface area contributed by atoms with Crippen LogP contribution in [0.1, 0.15) is 26.7 Å². The van der Waals surface area contributed by atoms with Crippen molar-refractivity contribution >= 4 is 12.0 Å². The average molecular weight is 270 g/mol. The van der Waals surface area contributed by atoms with Crippen molar-refractivity contribution in [1.29, 1.82) is 0 Å². The maximum atomic E-state index is 12.4. The number of urea groups is 1. The molecule has 0 bridgehead atoms. The lowest BCUT2D eigenvalue weighted by atomic mass is 9.98. The molecule has 2 rings (SSSR count). The molecule has 6 heteroatoms. The maximum absolute atomic E-state index is 12.4. The molecular weight excluding hydrogens is 248 g/mol. The summed E-state index contributed by atoms with van der Waals surface area (Å²) in [6, 6.07) is -0.0534. The van der Waals surface area contributed by atoms with Crippen LogP contribution in [0.15, 0.2) is 0 Å². The Hall–Kier alpha value is -1.30. The van der Waals surface area contributed by atoms with Crippen molar-refractivity contribution in [3.8, 4) is 0 Å². The van der Waals surface area contributed by atoms with E-state index in [0.29, 0.717) is 39.2 Å². The number of carbonyl (C=O) groups is 2. The molecule has 108 valence electrons. The average Bonchev–Trinajstić information content (AvgIpc) is 2.37. The third-order valence-electron chi connectivity index (χ3n) is 3.74. The highest BCUT2D eigenvalue weighted by Gasteiger charge is 2.35. The molecule has 0 saturated carbocycles. The molecule has 0 aromatic carbocycles. The molecule has 2 amide bonds. The predicted molar refractivity (Wildman–Crippen MR) is 68.9 cm³/mol. The SMILES string of the molecule is CC1(C)CN(C(=O)N2CCC[C@@H](C(=O)O)C2)CCO1. The monoisotopic (exact) mass is 270 g/mol. The van der Waals surface area contributed by atoms with Crippen LogP contribution in [-0.2, 0) is 9.53 Å². The molecule has 2 saturated heterocycles. The Labute approximate surface area is 113 Å². The fourth-order valence-corrected chi connectivity index (χ4v) is 2.73. The quantitative estimate of drug-likeness (QED) is 0.772. The summed E-state index contributed by atoms with van der Waals surface area (Å²) in [5.74, 6) is -1.23. The molecule has 1 N–H and O–H groups in total. The van der Waals surface area contributed by atoms with Crippen LogP contribution in [0.4, 0.5) is 4.79 Å². The number of hydrogen-bond acceptors (Lipinski definition) is 3. The van der Waals surface area contributed by atoms with Crippen molar-refractivity contribution in [2.24, 2.45) is 5.92 Å². The van der Waals surface area contributed by atoms with Crippen molar-refractivity contribution in [3.05, 3.63) is 0 Å². The Morgan fingerprint density at radius 2 is 2.00 bits per heavy atom. The summed E-state index contributed by atoms with van der Waals surface area (Å²) < 4.78 is 5.59. The molecular formula is C13H22N2O4. The summed E-state index contributed by atoms with van der Waals surface area (Å²) in [4.78, 5) is 26.9. The number of likely N-dealkylation sites (tertiary alicyclic amines) is 1. The lowest BCUT2D eigenvalue weighted by Crippen LogP contribution is -2.56. The van der Waals surface area contributed by atoms with Gasteiger partial charge in [-0.15, -0.1) is 0 Å². The van der Waals surface area contributed by atoms with Gasteiger partial charge in [0.1, 0.15) is 0 Å². The van der Waals surface area contributed by atoms with Crippen molar-refractivity contribution in [2.75, 3.05) is 32.8 Å². The van der Waals surface area contributed by atoms with E-state index in [1.54, 1.807) is 9.80 Å². The van der Waals surface area contributed by atoms with Gasteiger partial charge in [0.05, 0.1) is 24.7 Å². The summed E-state index contributed by atoms with van der Waals surface area (Å²) in [5.41, 5.74) is -0.324. The smallest absolute Gasteiger partial charge is 0.320 e. The lowest BCUT2D eigenvalue weighted by molar-refractivity contribution is -0.143. The summed E-state index contributed by atoms with van der Waals surface area (Å²) in [5, 5.41) is 9.06. The highest BCUT2D eigenvalue weighted by atomic mass is 16.5. The van der Waals surface area contributed by atoms with Crippen LogP contribution in [0.25, 0.3) is 0 Å². The highest BCUT2D eigenvalue weighted by Crippen LogP contribution is 2.21. The number of carboxylic acid groups (broad SMARTS) is 1. The Morgan fingerprint density at radius 1 is 1.26 bits per heavy atom. The van der Waals surface area contributed by atoms with Crippen LogP contribution >= 0.6 is 0 Å². The highest BCUT2D eigenvalue weighted by molar-refractivity contribution is 5.77. The number of rotatable bonds is 1. The van der Waals surface area contributed by atoms with Crippen molar-refractivity contribution in [2.45, 2.75) is 32.3 Å². The van der Waals surface area contributed by atoms with Gasteiger partial charge >= 0.3 is 12.0 Å². The first kappa shape index (κ1) is 14.1. The maximum Gasteiger partial charge on any atom is 0.320 e. The first-order valence-electron chi connectivity index (χ1n) is 6.80. The number of piperidine rings is 1. The zero-order valence-electron chi connectivity index (χ0n) is 11.6.